The van der Waals surface area contributed by atoms with Crippen molar-refractivity contribution in [3.8, 4) is 22.8 Å². The number of amides is 1. The summed E-state index contributed by atoms with van der Waals surface area (Å²) >= 11 is 0. The Kier molecular flexibility index (Phi) is 8.56. The van der Waals surface area contributed by atoms with Crippen molar-refractivity contribution in [1.82, 2.24) is 40.3 Å². The van der Waals surface area contributed by atoms with Crippen molar-refractivity contribution >= 4 is 45.1 Å². The molecule has 1 amide bonds. The molecule has 0 aliphatic heterocycles. The van der Waals surface area contributed by atoms with Gasteiger partial charge in [-0.05, 0) is 95.5 Å². The van der Waals surface area contributed by atoms with Gasteiger partial charge in [-0.3, -0.25) is 25.0 Å². The van der Waals surface area contributed by atoms with E-state index in [1.807, 2.05) is 42.7 Å². The van der Waals surface area contributed by atoms with E-state index in [1.165, 1.54) is 16.7 Å². The lowest BCUT2D eigenvalue weighted by Crippen LogP contribution is -2.24. The molecule has 13 nitrogen and oxygen atoms in total. The predicted octanol–water partition coefficient (Wildman–Crippen LogP) is 7.79. The maximum Gasteiger partial charge on any atom is 0.335 e. The number of benzene rings is 2. The number of nitrogens with two attached hydrogens (primary N) is 1. The summed E-state index contributed by atoms with van der Waals surface area (Å²) in [5.41, 5.74) is 18.4. The molecule has 13 heteroatoms. The Bertz CT molecular complexity index is 2700. The van der Waals surface area contributed by atoms with Crippen molar-refractivity contribution in [1.29, 1.82) is 0 Å². The maximum absolute atomic E-state index is 12.7. The van der Waals surface area contributed by atoms with Crippen LogP contribution in [0.3, 0.4) is 0 Å². The largest absolute Gasteiger partial charge is 0.478 e. The average molecular weight is 733 g/mol. The van der Waals surface area contributed by atoms with Gasteiger partial charge in [0.1, 0.15) is 0 Å². The van der Waals surface area contributed by atoms with Gasteiger partial charge < -0.3 is 26.1 Å². The third kappa shape index (κ3) is 6.49. The number of H-pyrrole nitrogens is 4. The smallest absolute Gasteiger partial charge is 0.335 e. The summed E-state index contributed by atoms with van der Waals surface area (Å²) in [4.78, 5) is 38.7. The van der Waals surface area contributed by atoms with Crippen LogP contribution in [0.4, 0.5) is 11.4 Å². The SMILES string of the molecule is CC1(C)Cc2cn[nH]c2-c2[nH]c3ccc(C(=O)Nc4cccnc4)cc3c21.CC1(C)Cc2cn[nH]c2-c2[nH]c3ccc(C(=O)O)cc3c21.Nc1cccnc1. The van der Waals surface area contributed by atoms with Gasteiger partial charge in [0.2, 0.25) is 0 Å². The fraction of sp³-hybridized carbons (Fsp3) is 0.190. The van der Waals surface area contributed by atoms with Gasteiger partial charge in [0.15, 0.2) is 0 Å². The van der Waals surface area contributed by atoms with Crippen LogP contribution in [0.1, 0.15) is 70.7 Å². The zero-order chi connectivity index (χ0) is 38.5. The van der Waals surface area contributed by atoms with Crippen LogP contribution in [0.5, 0.6) is 0 Å². The Hall–Kier alpha value is -7.02. The Morgan fingerprint density at radius 3 is 1.69 bits per heavy atom. The van der Waals surface area contributed by atoms with Gasteiger partial charge in [0, 0.05) is 57.1 Å². The summed E-state index contributed by atoms with van der Waals surface area (Å²) in [6.07, 6.45) is 12.2. The Morgan fingerprint density at radius 1 is 0.691 bits per heavy atom. The zero-order valence-electron chi connectivity index (χ0n) is 30.8. The molecule has 2 aromatic carbocycles. The predicted molar refractivity (Wildman–Crippen MR) is 213 cm³/mol. The third-order valence-corrected chi connectivity index (χ3v) is 10.3. The fourth-order valence-corrected chi connectivity index (χ4v) is 7.91. The van der Waals surface area contributed by atoms with Crippen molar-refractivity contribution in [2.24, 2.45) is 0 Å². The highest BCUT2D eigenvalue weighted by molar-refractivity contribution is 6.07. The van der Waals surface area contributed by atoms with E-state index < -0.39 is 5.97 Å². The van der Waals surface area contributed by atoms with Crippen LogP contribution in [0.2, 0.25) is 0 Å². The van der Waals surface area contributed by atoms with E-state index in [-0.39, 0.29) is 16.7 Å². The number of hydrogen-bond acceptors (Lipinski definition) is 7. The topological polar surface area (TPSA) is 207 Å². The van der Waals surface area contributed by atoms with Crippen LogP contribution in [0.25, 0.3) is 44.6 Å². The molecule has 0 spiro atoms. The average Bonchev–Trinajstić information content (AvgIpc) is 3.96. The van der Waals surface area contributed by atoms with E-state index in [0.717, 1.165) is 63.0 Å². The Morgan fingerprint density at radius 2 is 1.22 bits per heavy atom. The number of pyridine rings is 2. The molecular weight excluding hydrogens is 693 g/mol. The molecule has 0 radical (unpaired) electrons. The summed E-state index contributed by atoms with van der Waals surface area (Å²) in [7, 11) is 0. The minimum Gasteiger partial charge on any atom is -0.478 e. The normalized spacial score (nSPS) is 14.3. The number of rotatable bonds is 3. The number of carboxylic acid groups (broad SMARTS) is 1. The maximum atomic E-state index is 12.7. The lowest BCUT2D eigenvalue weighted by Gasteiger charge is -2.30. The molecule has 0 atom stereocenters. The van der Waals surface area contributed by atoms with E-state index in [2.05, 4.69) is 73.3 Å². The number of aromatic nitrogens is 8. The highest BCUT2D eigenvalue weighted by Gasteiger charge is 2.37. The van der Waals surface area contributed by atoms with Crippen molar-refractivity contribution < 1.29 is 14.7 Å². The number of carboxylic acids is 1. The van der Waals surface area contributed by atoms with E-state index >= 15 is 0 Å². The molecule has 0 unspecified atom stereocenters. The van der Waals surface area contributed by atoms with Crippen LogP contribution in [-0.4, -0.2) is 57.3 Å². The number of aromatic carboxylic acids is 1. The molecule has 276 valence electrons. The van der Waals surface area contributed by atoms with E-state index in [4.69, 9.17) is 5.73 Å². The van der Waals surface area contributed by atoms with E-state index in [9.17, 15) is 14.7 Å². The number of nitrogen functional groups attached to an aromatic ring is 1. The molecule has 8 N–H and O–H groups in total. The first kappa shape index (κ1) is 35.0. The van der Waals surface area contributed by atoms with Crippen LogP contribution in [0.15, 0.2) is 97.8 Å². The molecule has 0 saturated carbocycles. The quantitative estimate of drug-likeness (QED) is 0.0952. The highest BCUT2D eigenvalue weighted by atomic mass is 16.4. The summed E-state index contributed by atoms with van der Waals surface area (Å²) in [6, 6.07) is 18.2. The van der Waals surface area contributed by atoms with Crippen LogP contribution in [-0.2, 0) is 23.7 Å². The highest BCUT2D eigenvalue weighted by Crippen LogP contribution is 2.47. The summed E-state index contributed by atoms with van der Waals surface area (Å²) in [5, 5.41) is 28.7. The molecule has 0 bridgehead atoms. The van der Waals surface area contributed by atoms with Crippen LogP contribution >= 0.6 is 0 Å². The molecule has 2 aliphatic rings. The zero-order valence-corrected chi connectivity index (χ0v) is 30.8. The monoisotopic (exact) mass is 732 g/mol. The number of aromatic amines is 4. The number of nitrogens with one attached hydrogen (secondary N) is 5. The molecule has 2 aliphatic carbocycles. The summed E-state index contributed by atoms with van der Waals surface area (Å²) in [5.74, 6) is -1.04. The number of carbonyl (C=O) groups excluding carboxylic acids is 1. The van der Waals surface area contributed by atoms with Crippen molar-refractivity contribution in [2.45, 2.75) is 51.4 Å². The number of anilines is 2. The summed E-state index contributed by atoms with van der Waals surface area (Å²) < 4.78 is 0. The number of hydrogen-bond donors (Lipinski definition) is 7. The van der Waals surface area contributed by atoms with Gasteiger partial charge in [-0.15, -0.1) is 0 Å². The fourth-order valence-electron chi connectivity index (χ4n) is 7.91. The summed E-state index contributed by atoms with van der Waals surface area (Å²) in [6.45, 7) is 8.83. The lowest BCUT2D eigenvalue weighted by molar-refractivity contribution is 0.0696. The number of fused-ring (bicyclic) bond motifs is 10. The first-order chi connectivity index (χ1) is 26.4. The molecular formula is C42H40N10O3. The second-order valence-electron chi connectivity index (χ2n) is 15.2. The van der Waals surface area contributed by atoms with Crippen LogP contribution in [0, 0.1) is 0 Å². The van der Waals surface area contributed by atoms with Gasteiger partial charge in [-0.25, -0.2) is 4.79 Å². The Labute approximate surface area is 315 Å². The van der Waals surface area contributed by atoms with Crippen molar-refractivity contribution in [3.63, 3.8) is 0 Å². The third-order valence-electron chi connectivity index (χ3n) is 10.3. The molecule has 8 aromatic rings. The number of nitrogens with zero attached hydrogens (tertiary/aromatic N) is 4. The van der Waals surface area contributed by atoms with Gasteiger partial charge in [-0.2, -0.15) is 10.2 Å². The minimum atomic E-state index is -0.900. The van der Waals surface area contributed by atoms with Crippen molar-refractivity contribution in [2.75, 3.05) is 11.1 Å². The molecule has 0 fully saturated rings. The first-order valence-electron chi connectivity index (χ1n) is 17.9. The minimum absolute atomic E-state index is 0.0527. The molecule has 6 aromatic heterocycles. The van der Waals surface area contributed by atoms with Crippen LogP contribution < -0.4 is 11.1 Å². The molecule has 10 rings (SSSR count). The van der Waals surface area contributed by atoms with Gasteiger partial charge >= 0.3 is 5.97 Å². The molecule has 6 heterocycles. The standard InChI is InChI=1S/C21H19N5O.C16H15N3O2.C5H6N2/c1-21(2)9-13-10-23-26-18(13)19-17(21)15-8-12(5-6-16(15)25-19)20(27)24-14-4-3-7-22-11-14;1-16(2)6-9-7-17-19-13(9)14-12(16)10-5-8(15(20)21)3-4-11(10)18-14;6-5-2-1-3-7-4-5/h3-8,10-11,25H,9H2,1-2H3,(H,23,26)(H,24,27);3-5,7,18H,6H2,1-2H3,(H,17,19)(H,20,21);1-4H,6H2. The molecule has 0 saturated heterocycles. The molecule has 55 heavy (non-hydrogen) atoms. The van der Waals surface area contributed by atoms with E-state index in [1.54, 1.807) is 55.1 Å². The van der Waals surface area contributed by atoms with Gasteiger partial charge in [0.05, 0.1) is 58.3 Å². The van der Waals surface area contributed by atoms with Crippen molar-refractivity contribution in [3.05, 3.63) is 131 Å². The first-order valence-corrected chi connectivity index (χ1v) is 17.9. The number of carbonyl (C=O) groups is 2. The van der Waals surface area contributed by atoms with E-state index in [0.29, 0.717) is 22.5 Å². The lowest BCUT2D eigenvalue weighted by atomic mass is 9.73. The Balaban J connectivity index is 0.000000135. The second kappa shape index (κ2) is 13.4. The second-order valence-corrected chi connectivity index (χ2v) is 15.2. The van der Waals surface area contributed by atoms with Gasteiger partial charge in [0.25, 0.3) is 5.91 Å². The van der Waals surface area contributed by atoms with Gasteiger partial charge in [-0.1, -0.05) is 27.7 Å².